The first-order valence-electron chi connectivity index (χ1n) is 5.73. The Morgan fingerprint density at radius 3 is 2.74 bits per heavy atom. The van der Waals surface area contributed by atoms with Gasteiger partial charge in [0.05, 0.1) is 11.4 Å². The van der Waals surface area contributed by atoms with Gasteiger partial charge in [0.1, 0.15) is 5.82 Å². The van der Waals surface area contributed by atoms with Gasteiger partial charge in [0, 0.05) is 5.56 Å². The zero-order chi connectivity index (χ0) is 13.7. The molecule has 0 aliphatic carbocycles. The number of carbonyl (C=O) groups is 1. The Hall–Kier alpha value is -2.12. The summed E-state index contributed by atoms with van der Waals surface area (Å²) in [7, 11) is 0. The van der Waals surface area contributed by atoms with Crippen LogP contribution in [0.4, 0.5) is 4.39 Å². The number of thiophene rings is 1. The van der Waals surface area contributed by atoms with Crippen molar-refractivity contribution in [2.24, 2.45) is 0 Å². The number of rotatable bonds is 2. The number of hydrogen-bond donors (Lipinski definition) is 1. The molecule has 1 heterocycles. The van der Waals surface area contributed by atoms with E-state index < -0.39 is 0 Å². The minimum atomic E-state index is -0.285. The summed E-state index contributed by atoms with van der Waals surface area (Å²) in [5, 5.41) is 4.65. The minimum absolute atomic E-state index is 0.119. The van der Waals surface area contributed by atoms with Crippen molar-refractivity contribution in [1.29, 1.82) is 0 Å². The van der Waals surface area contributed by atoms with Gasteiger partial charge in [0.15, 0.2) is 0 Å². The molecule has 0 atom stereocenters. The van der Waals surface area contributed by atoms with Gasteiger partial charge in [0.2, 0.25) is 0 Å². The largest absolute Gasteiger partial charge is 0.340 e. The van der Waals surface area contributed by atoms with E-state index in [-0.39, 0.29) is 18.3 Å². The molecule has 1 aromatic heterocycles. The van der Waals surface area contributed by atoms with Crippen molar-refractivity contribution in [3.8, 4) is 11.8 Å². The van der Waals surface area contributed by atoms with Gasteiger partial charge < -0.3 is 5.32 Å². The van der Waals surface area contributed by atoms with Crippen LogP contribution in [0.25, 0.3) is 0 Å². The lowest BCUT2D eigenvalue weighted by Gasteiger charge is -1.96. The zero-order valence-corrected chi connectivity index (χ0v) is 11.2. The van der Waals surface area contributed by atoms with E-state index in [0.717, 1.165) is 11.1 Å². The third-order valence-corrected chi connectivity index (χ3v) is 3.42. The highest BCUT2D eigenvalue weighted by molar-refractivity contribution is 7.12. The van der Waals surface area contributed by atoms with Crippen molar-refractivity contribution >= 4 is 17.2 Å². The maximum Gasteiger partial charge on any atom is 0.262 e. The third-order valence-electron chi connectivity index (χ3n) is 2.37. The highest BCUT2D eigenvalue weighted by Crippen LogP contribution is 2.12. The van der Waals surface area contributed by atoms with Gasteiger partial charge in [-0.05, 0) is 48.2 Å². The summed E-state index contributed by atoms with van der Waals surface area (Å²) in [6, 6.07) is 7.76. The first-order chi connectivity index (χ1) is 9.15. The second-order valence-electron chi connectivity index (χ2n) is 3.98. The number of benzene rings is 1. The number of amides is 1. The standard InChI is InChI=1S/C15H12FNOS/c1-11-9-14(19-10-11)15(18)17-8-2-3-12-4-6-13(16)7-5-12/h4-7,9-10H,8H2,1H3,(H,17,18). The summed E-state index contributed by atoms with van der Waals surface area (Å²) in [4.78, 5) is 12.4. The van der Waals surface area contributed by atoms with Crippen LogP contribution in [0.15, 0.2) is 35.7 Å². The number of nitrogens with one attached hydrogen (secondary N) is 1. The second-order valence-corrected chi connectivity index (χ2v) is 4.89. The van der Waals surface area contributed by atoms with Crippen LogP contribution in [-0.2, 0) is 0 Å². The van der Waals surface area contributed by atoms with Crippen LogP contribution in [0.2, 0.25) is 0 Å². The van der Waals surface area contributed by atoms with Crippen molar-refractivity contribution in [1.82, 2.24) is 5.32 Å². The SMILES string of the molecule is Cc1csc(C(=O)NCC#Cc2ccc(F)cc2)c1. The van der Waals surface area contributed by atoms with Crippen molar-refractivity contribution in [3.63, 3.8) is 0 Å². The summed E-state index contributed by atoms with van der Waals surface area (Å²) in [6.45, 7) is 2.22. The molecule has 96 valence electrons. The first kappa shape index (κ1) is 13.3. The minimum Gasteiger partial charge on any atom is -0.340 e. The quantitative estimate of drug-likeness (QED) is 0.837. The van der Waals surface area contributed by atoms with E-state index in [9.17, 15) is 9.18 Å². The predicted molar refractivity (Wildman–Crippen MR) is 74.7 cm³/mol. The molecule has 19 heavy (non-hydrogen) atoms. The maximum absolute atomic E-state index is 12.7. The second kappa shape index (κ2) is 6.17. The third kappa shape index (κ3) is 3.94. The summed E-state index contributed by atoms with van der Waals surface area (Å²) in [5.74, 6) is 5.28. The zero-order valence-electron chi connectivity index (χ0n) is 10.4. The average molecular weight is 273 g/mol. The normalized spacial score (nSPS) is 9.58. The molecule has 0 aliphatic rings. The molecule has 0 unspecified atom stereocenters. The molecule has 0 aliphatic heterocycles. The van der Waals surface area contributed by atoms with E-state index in [1.807, 2.05) is 18.4 Å². The highest BCUT2D eigenvalue weighted by Gasteiger charge is 2.05. The fraction of sp³-hybridized carbons (Fsp3) is 0.133. The lowest BCUT2D eigenvalue weighted by atomic mass is 10.2. The summed E-state index contributed by atoms with van der Waals surface area (Å²) >= 11 is 1.41. The Labute approximate surface area is 115 Å². The van der Waals surface area contributed by atoms with Gasteiger partial charge in [-0.3, -0.25) is 4.79 Å². The van der Waals surface area contributed by atoms with Gasteiger partial charge in [-0.1, -0.05) is 11.8 Å². The molecular weight excluding hydrogens is 261 g/mol. The maximum atomic E-state index is 12.7. The van der Waals surface area contributed by atoms with E-state index in [2.05, 4.69) is 17.2 Å². The van der Waals surface area contributed by atoms with Gasteiger partial charge in [0.25, 0.3) is 5.91 Å². The highest BCUT2D eigenvalue weighted by atomic mass is 32.1. The van der Waals surface area contributed by atoms with E-state index in [0.29, 0.717) is 4.88 Å². The Bertz CT molecular complexity index is 634. The predicted octanol–water partition coefficient (Wildman–Crippen LogP) is 2.98. The molecule has 1 amide bonds. The molecular formula is C15H12FNOS. The Morgan fingerprint density at radius 2 is 2.11 bits per heavy atom. The van der Waals surface area contributed by atoms with Crippen molar-refractivity contribution in [3.05, 3.63) is 57.5 Å². The van der Waals surface area contributed by atoms with Gasteiger partial charge in [-0.15, -0.1) is 11.3 Å². The first-order valence-corrected chi connectivity index (χ1v) is 6.61. The Balaban J connectivity index is 1.87. The molecule has 1 N–H and O–H groups in total. The lowest BCUT2D eigenvalue weighted by Crippen LogP contribution is -2.22. The fourth-order valence-electron chi connectivity index (χ4n) is 1.44. The molecule has 0 spiro atoms. The number of hydrogen-bond acceptors (Lipinski definition) is 2. The molecule has 0 saturated heterocycles. The molecule has 1 aromatic carbocycles. The topological polar surface area (TPSA) is 29.1 Å². The van der Waals surface area contributed by atoms with Crippen LogP contribution in [0.5, 0.6) is 0 Å². The molecule has 0 radical (unpaired) electrons. The van der Waals surface area contributed by atoms with Crippen LogP contribution in [0.3, 0.4) is 0 Å². The summed E-state index contributed by atoms with van der Waals surface area (Å²) < 4.78 is 12.7. The van der Waals surface area contributed by atoms with E-state index in [4.69, 9.17) is 0 Å². The number of carbonyl (C=O) groups excluding carboxylic acids is 1. The molecule has 2 aromatic rings. The molecule has 0 saturated carbocycles. The summed E-state index contributed by atoms with van der Waals surface area (Å²) in [6.07, 6.45) is 0. The van der Waals surface area contributed by atoms with E-state index in [1.165, 1.54) is 23.5 Å². The smallest absolute Gasteiger partial charge is 0.262 e. The van der Waals surface area contributed by atoms with E-state index >= 15 is 0 Å². The number of aryl methyl sites for hydroxylation is 1. The Morgan fingerprint density at radius 1 is 1.37 bits per heavy atom. The van der Waals surface area contributed by atoms with Crippen LogP contribution in [0.1, 0.15) is 20.8 Å². The Kier molecular flexibility index (Phi) is 4.32. The fourth-order valence-corrected chi connectivity index (χ4v) is 2.26. The monoisotopic (exact) mass is 273 g/mol. The van der Waals surface area contributed by atoms with Crippen LogP contribution in [0, 0.1) is 24.6 Å². The average Bonchev–Trinajstić information content (AvgIpc) is 2.83. The molecule has 0 bridgehead atoms. The van der Waals surface area contributed by atoms with Crippen molar-refractivity contribution in [2.75, 3.05) is 6.54 Å². The molecule has 0 fully saturated rings. The van der Waals surface area contributed by atoms with Crippen LogP contribution < -0.4 is 5.32 Å². The van der Waals surface area contributed by atoms with Crippen LogP contribution in [-0.4, -0.2) is 12.5 Å². The van der Waals surface area contributed by atoms with Crippen molar-refractivity contribution in [2.45, 2.75) is 6.92 Å². The van der Waals surface area contributed by atoms with Crippen LogP contribution >= 0.6 is 11.3 Å². The van der Waals surface area contributed by atoms with Crippen molar-refractivity contribution < 1.29 is 9.18 Å². The van der Waals surface area contributed by atoms with Gasteiger partial charge >= 0.3 is 0 Å². The summed E-state index contributed by atoms with van der Waals surface area (Å²) in [5.41, 5.74) is 1.80. The lowest BCUT2D eigenvalue weighted by molar-refractivity contribution is 0.0962. The molecule has 2 nitrogen and oxygen atoms in total. The molecule has 2 rings (SSSR count). The molecule has 4 heteroatoms. The van der Waals surface area contributed by atoms with Gasteiger partial charge in [-0.25, -0.2) is 4.39 Å². The number of halogens is 1. The van der Waals surface area contributed by atoms with E-state index in [1.54, 1.807) is 12.1 Å². The van der Waals surface area contributed by atoms with Gasteiger partial charge in [-0.2, -0.15) is 0 Å².